The molecule has 1 aliphatic carbocycles. The lowest BCUT2D eigenvalue weighted by Crippen LogP contribution is -2.52. The van der Waals surface area contributed by atoms with Crippen LogP contribution in [0.3, 0.4) is 0 Å². The third-order valence-electron chi connectivity index (χ3n) is 7.76. The molecule has 38 heavy (non-hydrogen) atoms. The van der Waals surface area contributed by atoms with Gasteiger partial charge in [0, 0.05) is 36.4 Å². The number of carbonyl (C=O) groups excluding carboxylic acids is 1. The molecule has 0 unspecified atom stereocenters. The number of benzene rings is 2. The molecule has 0 aromatic heterocycles. The van der Waals surface area contributed by atoms with E-state index in [4.69, 9.17) is 0 Å². The van der Waals surface area contributed by atoms with Gasteiger partial charge >= 0.3 is 0 Å². The second-order valence-corrected chi connectivity index (χ2v) is 13.0. The van der Waals surface area contributed by atoms with Crippen molar-refractivity contribution >= 4 is 28.1 Å². The van der Waals surface area contributed by atoms with Crippen LogP contribution in [-0.2, 0) is 6.42 Å². The van der Waals surface area contributed by atoms with Crippen molar-refractivity contribution in [2.24, 2.45) is 0 Å². The minimum absolute atomic E-state index is 0.0230. The van der Waals surface area contributed by atoms with Gasteiger partial charge in [0.2, 0.25) is 0 Å². The summed E-state index contributed by atoms with van der Waals surface area (Å²) in [5, 5.41) is 21.2. The molecular weight excluding hydrogens is 500 g/mol. The molecule has 2 atom stereocenters. The Bertz CT molecular complexity index is 1060. The van der Waals surface area contributed by atoms with Crippen LogP contribution in [0.1, 0.15) is 68.3 Å². The number of anilines is 2. The van der Waals surface area contributed by atoms with Crippen LogP contribution >= 0.6 is 10.8 Å². The van der Waals surface area contributed by atoms with Crippen molar-refractivity contribution in [1.82, 2.24) is 10.6 Å². The van der Waals surface area contributed by atoms with Gasteiger partial charge in [-0.05, 0) is 69.7 Å². The van der Waals surface area contributed by atoms with Crippen molar-refractivity contribution in [3.05, 3.63) is 59.7 Å². The average Bonchev–Trinajstić information content (AvgIpc) is 3.34. The number of carbonyl (C=O) groups is 1. The second kappa shape index (κ2) is 12.7. The summed E-state index contributed by atoms with van der Waals surface area (Å²) in [7, 11) is -2.92. The lowest BCUT2D eigenvalue weighted by atomic mass is 9.97. The standard InChI is InChI=1S/C29H44N4O4S/c1-3-30-24-18-23(19-25(20-24)33-15-9-10-16-38(33,36)37)28(35)32-26(17-22-11-5-4-6-12-22)27(34)21-31-29(2)13-7-8-14-29/h4-6,11-12,18-20,26-27,30-31,34,36-37H,3,7-10,13-17,21H2,1-2H3,(H,32,35)/t26-,27+/m0/s1. The summed E-state index contributed by atoms with van der Waals surface area (Å²) in [5.74, 6) is 0.0311. The van der Waals surface area contributed by atoms with Crippen LogP contribution in [0.25, 0.3) is 0 Å². The van der Waals surface area contributed by atoms with Crippen LogP contribution in [0.15, 0.2) is 48.5 Å². The van der Waals surface area contributed by atoms with Gasteiger partial charge in [0.25, 0.3) is 5.91 Å². The first-order valence-electron chi connectivity index (χ1n) is 13.9. The molecule has 4 rings (SSSR count). The first kappa shape index (κ1) is 28.7. The molecule has 1 saturated carbocycles. The molecule has 1 amide bonds. The normalized spacial score (nSPS) is 20.9. The first-order valence-corrected chi connectivity index (χ1v) is 15.6. The van der Waals surface area contributed by atoms with E-state index < -0.39 is 22.9 Å². The van der Waals surface area contributed by atoms with E-state index in [0.717, 1.165) is 36.9 Å². The molecule has 2 fully saturated rings. The maximum Gasteiger partial charge on any atom is 0.251 e. The minimum atomic E-state index is -2.92. The summed E-state index contributed by atoms with van der Waals surface area (Å²) in [4.78, 5) is 13.6. The van der Waals surface area contributed by atoms with E-state index in [9.17, 15) is 19.0 Å². The maximum absolute atomic E-state index is 13.6. The summed E-state index contributed by atoms with van der Waals surface area (Å²) in [6.45, 7) is 5.77. The quantitative estimate of drug-likeness (QED) is 0.236. The Balaban J connectivity index is 1.55. The van der Waals surface area contributed by atoms with Crippen molar-refractivity contribution in [3.63, 3.8) is 0 Å². The van der Waals surface area contributed by atoms with Crippen molar-refractivity contribution < 1.29 is 19.0 Å². The number of aliphatic hydroxyl groups is 1. The van der Waals surface area contributed by atoms with E-state index in [-0.39, 0.29) is 11.4 Å². The Morgan fingerprint density at radius 2 is 1.82 bits per heavy atom. The number of nitrogens with one attached hydrogen (secondary N) is 3. The molecule has 2 aromatic rings. The van der Waals surface area contributed by atoms with Gasteiger partial charge < -0.3 is 21.1 Å². The highest BCUT2D eigenvalue weighted by Gasteiger charge is 2.31. The SMILES string of the molecule is CCNc1cc(C(=O)N[C@@H](Cc2ccccc2)[C@H](O)CNC2(C)CCCC2)cc(N2CCCCS2(O)O)c1. The van der Waals surface area contributed by atoms with Gasteiger partial charge in [-0.1, -0.05) is 43.2 Å². The monoisotopic (exact) mass is 544 g/mol. The molecular formula is C29H44N4O4S. The van der Waals surface area contributed by atoms with Crippen LogP contribution in [0, 0.1) is 0 Å². The van der Waals surface area contributed by atoms with Crippen LogP contribution in [0.2, 0.25) is 0 Å². The van der Waals surface area contributed by atoms with Gasteiger partial charge in [0.05, 0.1) is 23.6 Å². The third-order valence-corrected chi connectivity index (χ3v) is 9.69. The number of amides is 1. The lowest BCUT2D eigenvalue weighted by molar-refractivity contribution is 0.0812. The van der Waals surface area contributed by atoms with Gasteiger partial charge in [0.1, 0.15) is 0 Å². The zero-order valence-electron chi connectivity index (χ0n) is 22.7. The Kier molecular flexibility index (Phi) is 9.59. The summed E-state index contributed by atoms with van der Waals surface area (Å²) < 4.78 is 23.0. The molecule has 0 spiro atoms. The highest BCUT2D eigenvalue weighted by atomic mass is 32.3. The van der Waals surface area contributed by atoms with Gasteiger partial charge in [-0.3, -0.25) is 18.2 Å². The number of rotatable bonds is 11. The van der Waals surface area contributed by atoms with Crippen LogP contribution in [0.4, 0.5) is 11.4 Å². The smallest absolute Gasteiger partial charge is 0.251 e. The zero-order valence-corrected chi connectivity index (χ0v) is 23.5. The fourth-order valence-corrected chi connectivity index (χ4v) is 7.20. The van der Waals surface area contributed by atoms with Crippen molar-refractivity contribution in [1.29, 1.82) is 0 Å². The minimum Gasteiger partial charge on any atom is -0.390 e. The Morgan fingerprint density at radius 3 is 2.50 bits per heavy atom. The van der Waals surface area contributed by atoms with Crippen LogP contribution < -0.4 is 20.3 Å². The molecule has 2 aromatic carbocycles. The Morgan fingerprint density at radius 1 is 1.08 bits per heavy atom. The molecule has 210 valence electrons. The van der Waals surface area contributed by atoms with Gasteiger partial charge in [0.15, 0.2) is 0 Å². The van der Waals surface area contributed by atoms with Crippen molar-refractivity contribution in [3.8, 4) is 0 Å². The summed E-state index contributed by atoms with van der Waals surface area (Å²) >= 11 is 0. The van der Waals surface area contributed by atoms with Gasteiger partial charge in [-0.25, -0.2) is 0 Å². The number of hydrogen-bond acceptors (Lipinski definition) is 7. The first-order chi connectivity index (χ1) is 18.2. The van der Waals surface area contributed by atoms with E-state index in [2.05, 4.69) is 22.9 Å². The zero-order chi connectivity index (χ0) is 27.2. The fourth-order valence-electron chi connectivity index (χ4n) is 5.53. The molecule has 2 aliphatic rings. The highest BCUT2D eigenvalue weighted by Crippen LogP contribution is 2.50. The number of aliphatic hydroxyl groups excluding tert-OH is 1. The summed E-state index contributed by atoms with van der Waals surface area (Å²) in [6, 6.07) is 14.7. The Hall–Kier alpha value is -2.30. The molecule has 1 aliphatic heterocycles. The number of β-amino-alcohol motifs (C(OH)–C–C–N with tert-alkyl or cyclic N) is 1. The summed E-state index contributed by atoms with van der Waals surface area (Å²) in [6.07, 6.45) is 5.91. The molecule has 0 radical (unpaired) electrons. The predicted molar refractivity (Wildman–Crippen MR) is 157 cm³/mol. The molecule has 1 heterocycles. The molecule has 6 N–H and O–H groups in total. The van der Waals surface area contributed by atoms with E-state index in [1.807, 2.05) is 43.3 Å². The van der Waals surface area contributed by atoms with Gasteiger partial charge in [-0.15, -0.1) is 10.8 Å². The number of hydrogen-bond donors (Lipinski definition) is 6. The maximum atomic E-state index is 13.6. The van der Waals surface area contributed by atoms with Gasteiger partial charge in [-0.2, -0.15) is 0 Å². The Labute approximate surface area is 228 Å². The van der Waals surface area contributed by atoms with Crippen LogP contribution in [-0.4, -0.2) is 63.2 Å². The van der Waals surface area contributed by atoms with E-state index in [0.29, 0.717) is 43.1 Å². The topological polar surface area (TPSA) is 117 Å². The van der Waals surface area contributed by atoms with E-state index in [1.54, 1.807) is 16.4 Å². The molecule has 1 saturated heterocycles. The summed E-state index contributed by atoms with van der Waals surface area (Å²) in [5.41, 5.74) is 2.83. The second-order valence-electron chi connectivity index (χ2n) is 10.9. The van der Waals surface area contributed by atoms with E-state index in [1.165, 1.54) is 12.8 Å². The van der Waals surface area contributed by atoms with E-state index >= 15 is 0 Å². The highest BCUT2D eigenvalue weighted by molar-refractivity contribution is 8.25. The third kappa shape index (κ3) is 7.42. The predicted octanol–water partition coefficient (Wildman–Crippen LogP) is 5.01. The average molecular weight is 545 g/mol. The molecule has 8 nitrogen and oxygen atoms in total. The molecule has 9 heteroatoms. The van der Waals surface area contributed by atoms with Crippen molar-refractivity contribution in [2.75, 3.05) is 35.0 Å². The fraction of sp³-hybridized carbons (Fsp3) is 0.552. The number of nitrogens with zero attached hydrogens (tertiary/aromatic N) is 1. The van der Waals surface area contributed by atoms with Crippen LogP contribution in [0.5, 0.6) is 0 Å². The largest absolute Gasteiger partial charge is 0.390 e. The molecule has 0 bridgehead atoms. The van der Waals surface area contributed by atoms with Crippen molar-refractivity contribution in [2.45, 2.75) is 76.5 Å². The lowest BCUT2D eigenvalue weighted by Gasteiger charge is -2.47.